The van der Waals surface area contributed by atoms with Gasteiger partial charge in [0, 0.05) is 43.0 Å². The van der Waals surface area contributed by atoms with Crippen LogP contribution in [0.4, 0.5) is 0 Å². The second-order valence-electron chi connectivity index (χ2n) is 6.51. The molecule has 0 radical (unpaired) electrons. The molecule has 1 amide bonds. The fourth-order valence-corrected chi connectivity index (χ4v) is 4.00. The molecule has 0 aliphatic carbocycles. The van der Waals surface area contributed by atoms with Crippen molar-refractivity contribution in [1.82, 2.24) is 29.4 Å². The van der Waals surface area contributed by atoms with Gasteiger partial charge in [0.05, 0.1) is 29.0 Å². The average molecular weight is 368 g/mol. The molecule has 0 N–H and O–H groups in total. The Morgan fingerprint density at radius 1 is 1.35 bits per heavy atom. The molecule has 7 nitrogen and oxygen atoms in total. The van der Waals surface area contributed by atoms with Gasteiger partial charge in [-0.15, -0.1) is 11.3 Å². The number of carbonyl (C=O) groups is 1. The summed E-state index contributed by atoms with van der Waals surface area (Å²) in [6.45, 7) is 3.99. The smallest absolute Gasteiger partial charge is 0.257 e. The normalized spacial score (nSPS) is 17.4. The second-order valence-corrected chi connectivity index (χ2v) is 7.22. The van der Waals surface area contributed by atoms with Gasteiger partial charge in [-0.1, -0.05) is 0 Å². The van der Waals surface area contributed by atoms with Crippen molar-refractivity contribution in [3.05, 3.63) is 58.6 Å². The van der Waals surface area contributed by atoms with E-state index < -0.39 is 0 Å². The molecule has 0 saturated carbocycles. The third-order valence-corrected chi connectivity index (χ3v) is 5.41. The number of piperidine rings is 1. The standard InChI is InChI=1S/C18H20N6OS/c1-13-16(7-19-11-21-13)18(25)24-5-2-3-14(8-24)17-20-4-6-23(17)9-15-10-26-12-22-15/h4,6-7,10-12,14H,2-3,5,8-9H2,1H3/t14-/m0/s1. The lowest BCUT2D eigenvalue weighted by Gasteiger charge is -2.32. The molecule has 0 aromatic carbocycles. The maximum Gasteiger partial charge on any atom is 0.257 e. The molecule has 0 bridgehead atoms. The van der Waals surface area contributed by atoms with Gasteiger partial charge < -0.3 is 9.47 Å². The summed E-state index contributed by atoms with van der Waals surface area (Å²) in [5, 5.41) is 2.05. The number of aromatic nitrogens is 5. The van der Waals surface area contributed by atoms with Crippen LogP contribution in [-0.4, -0.2) is 48.4 Å². The minimum atomic E-state index is 0.00501. The molecular weight excluding hydrogens is 348 g/mol. The van der Waals surface area contributed by atoms with Gasteiger partial charge in [-0.25, -0.2) is 19.9 Å². The molecule has 1 fully saturated rings. The zero-order valence-electron chi connectivity index (χ0n) is 14.6. The van der Waals surface area contributed by atoms with Crippen molar-refractivity contribution in [1.29, 1.82) is 0 Å². The number of thiazole rings is 1. The maximum absolute atomic E-state index is 12.9. The monoisotopic (exact) mass is 368 g/mol. The van der Waals surface area contributed by atoms with Gasteiger partial charge in [0.2, 0.25) is 0 Å². The summed E-state index contributed by atoms with van der Waals surface area (Å²) in [4.78, 5) is 31.9. The number of hydrogen-bond donors (Lipinski definition) is 0. The van der Waals surface area contributed by atoms with Gasteiger partial charge in [0.1, 0.15) is 12.2 Å². The predicted molar refractivity (Wildman–Crippen MR) is 98.1 cm³/mol. The van der Waals surface area contributed by atoms with Crippen molar-refractivity contribution >= 4 is 17.2 Å². The fourth-order valence-electron chi connectivity index (χ4n) is 3.45. The quantitative estimate of drug-likeness (QED) is 0.707. The minimum Gasteiger partial charge on any atom is -0.338 e. The molecule has 1 aliphatic heterocycles. The molecule has 134 valence electrons. The highest BCUT2D eigenvalue weighted by molar-refractivity contribution is 7.07. The number of rotatable bonds is 4. The number of nitrogens with zero attached hydrogens (tertiary/aromatic N) is 6. The Hall–Kier alpha value is -2.61. The first kappa shape index (κ1) is 16.8. The van der Waals surface area contributed by atoms with Crippen molar-refractivity contribution in [2.45, 2.75) is 32.2 Å². The highest BCUT2D eigenvalue weighted by atomic mass is 32.1. The van der Waals surface area contributed by atoms with Gasteiger partial charge in [0.15, 0.2) is 0 Å². The zero-order valence-corrected chi connectivity index (χ0v) is 15.4. The van der Waals surface area contributed by atoms with Crippen molar-refractivity contribution < 1.29 is 4.79 Å². The van der Waals surface area contributed by atoms with Crippen LogP contribution >= 0.6 is 11.3 Å². The summed E-state index contributed by atoms with van der Waals surface area (Å²) in [6, 6.07) is 0. The van der Waals surface area contributed by atoms with E-state index in [2.05, 4.69) is 29.9 Å². The van der Waals surface area contributed by atoms with Gasteiger partial charge in [-0.05, 0) is 19.8 Å². The summed E-state index contributed by atoms with van der Waals surface area (Å²) in [6.07, 6.45) is 8.90. The van der Waals surface area contributed by atoms with Gasteiger partial charge >= 0.3 is 0 Å². The number of aryl methyl sites for hydroxylation is 1. The van der Waals surface area contributed by atoms with Gasteiger partial charge in [0.25, 0.3) is 5.91 Å². The summed E-state index contributed by atoms with van der Waals surface area (Å²) in [7, 11) is 0. The lowest BCUT2D eigenvalue weighted by atomic mass is 9.96. The van der Waals surface area contributed by atoms with Crippen LogP contribution in [0.2, 0.25) is 0 Å². The Balaban J connectivity index is 1.52. The molecule has 1 saturated heterocycles. The lowest BCUT2D eigenvalue weighted by molar-refractivity contribution is 0.0701. The van der Waals surface area contributed by atoms with E-state index >= 15 is 0 Å². The largest absolute Gasteiger partial charge is 0.338 e. The first-order valence-electron chi connectivity index (χ1n) is 8.66. The van der Waals surface area contributed by atoms with E-state index in [0.29, 0.717) is 12.1 Å². The first-order chi connectivity index (χ1) is 12.7. The Morgan fingerprint density at radius 2 is 2.27 bits per heavy atom. The number of likely N-dealkylation sites (tertiary alicyclic amines) is 1. The Labute approximate surface area is 155 Å². The summed E-state index contributed by atoms with van der Waals surface area (Å²) in [5.74, 6) is 1.26. The number of carbonyl (C=O) groups excluding carboxylic acids is 1. The van der Waals surface area contributed by atoms with Crippen molar-refractivity contribution in [3.63, 3.8) is 0 Å². The molecule has 3 aromatic rings. The van der Waals surface area contributed by atoms with E-state index in [4.69, 9.17) is 0 Å². The predicted octanol–water partition coefficient (Wildman–Crippen LogP) is 2.51. The maximum atomic E-state index is 12.9. The van der Waals surface area contributed by atoms with Crippen LogP contribution < -0.4 is 0 Å². The topological polar surface area (TPSA) is 76.8 Å². The van der Waals surface area contributed by atoms with Crippen LogP contribution in [0, 0.1) is 6.92 Å². The fraction of sp³-hybridized carbons (Fsp3) is 0.389. The van der Waals surface area contributed by atoms with E-state index in [1.807, 2.05) is 29.7 Å². The van der Waals surface area contributed by atoms with Crippen LogP contribution in [0.3, 0.4) is 0 Å². The van der Waals surface area contributed by atoms with Crippen molar-refractivity contribution in [2.24, 2.45) is 0 Å². The average Bonchev–Trinajstić information content (AvgIpc) is 3.34. The highest BCUT2D eigenvalue weighted by Gasteiger charge is 2.29. The number of amides is 1. The molecule has 26 heavy (non-hydrogen) atoms. The molecule has 1 aliphatic rings. The molecule has 8 heteroatoms. The molecular formula is C18H20N6OS. The highest BCUT2D eigenvalue weighted by Crippen LogP contribution is 2.27. The molecule has 0 spiro atoms. The number of imidazole rings is 1. The second kappa shape index (κ2) is 7.33. The van der Waals surface area contributed by atoms with E-state index in [1.165, 1.54) is 6.33 Å². The van der Waals surface area contributed by atoms with E-state index in [1.54, 1.807) is 17.5 Å². The Bertz CT molecular complexity index is 891. The van der Waals surface area contributed by atoms with Crippen molar-refractivity contribution in [3.8, 4) is 0 Å². The van der Waals surface area contributed by atoms with E-state index in [9.17, 15) is 4.79 Å². The summed E-state index contributed by atoms with van der Waals surface area (Å²) >= 11 is 1.60. The zero-order chi connectivity index (χ0) is 17.9. The molecule has 1 atom stereocenters. The molecule has 4 heterocycles. The van der Waals surface area contributed by atoms with Gasteiger partial charge in [-0.3, -0.25) is 4.79 Å². The first-order valence-corrected chi connectivity index (χ1v) is 9.60. The third-order valence-electron chi connectivity index (χ3n) is 4.78. The Kier molecular flexibility index (Phi) is 4.75. The molecule has 4 rings (SSSR count). The van der Waals surface area contributed by atoms with Crippen LogP contribution in [0.15, 0.2) is 35.8 Å². The lowest BCUT2D eigenvalue weighted by Crippen LogP contribution is -2.40. The van der Waals surface area contributed by atoms with Crippen LogP contribution in [0.25, 0.3) is 0 Å². The molecule has 3 aromatic heterocycles. The van der Waals surface area contributed by atoms with Gasteiger partial charge in [-0.2, -0.15) is 0 Å². The van der Waals surface area contributed by atoms with E-state index in [-0.39, 0.29) is 11.8 Å². The summed E-state index contributed by atoms with van der Waals surface area (Å²) < 4.78 is 2.14. The SMILES string of the molecule is Cc1ncncc1C(=O)N1CCC[C@H](c2nccn2Cc2cscn2)C1. The van der Waals surface area contributed by atoms with Crippen molar-refractivity contribution in [2.75, 3.05) is 13.1 Å². The Morgan fingerprint density at radius 3 is 3.08 bits per heavy atom. The minimum absolute atomic E-state index is 0.00501. The summed E-state index contributed by atoms with van der Waals surface area (Å²) in [5.41, 5.74) is 4.18. The van der Waals surface area contributed by atoms with E-state index in [0.717, 1.165) is 43.1 Å². The third kappa shape index (κ3) is 3.37. The van der Waals surface area contributed by atoms with Crippen LogP contribution in [0.5, 0.6) is 0 Å². The molecule has 0 unspecified atom stereocenters. The van der Waals surface area contributed by atoms with Crippen LogP contribution in [-0.2, 0) is 6.54 Å². The number of hydrogen-bond acceptors (Lipinski definition) is 6. The van der Waals surface area contributed by atoms with Crippen LogP contribution in [0.1, 0.15) is 46.3 Å².